The molecule has 4 rings (SSSR count). The first-order valence-corrected chi connectivity index (χ1v) is 11.7. The molecule has 0 unspecified atom stereocenters. The van der Waals surface area contributed by atoms with Crippen molar-refractivity contribution in [2.45, 2.75) is 31.9 Å². The van der Waals surface area contributed by atoms with E-state index in [1.807, 2.05) is 35.7 Å². The molecule has 2 aromatic heterocycles. The number of hydrogen-bond acceptors (Lipinski definition) is 6. The molecule has 0 saturated carbocycles. The highest BCUT2D eigenvalue weighted by Crippen LogP contribution is 2.20. The maximum atomic E-state index is 13.2. The molecule has 3 heterocycles. The van der Waals surface area contributed by atoms with Crippen LogP contribution in [0.5, 0.6) is 0 Å². The van der Waals surface area contributed by atoms with E-state index in [4.69, 9.17) is 4.74 Å². The number of thiophene rings is 1. The van der Waals surface area contributed by atoms with Crippen LogP contribution in [0.25, 0.3) is 0 Å². The summed E-state index contributed by atoms with van der Waals surface area (Å²) in [5, 5.41) is 1.91. The molecule has 0 radical (unpaired) electrons. The van der Waals surface area contributed by atoms with Crippen molar-refractivity contribution in [2.75, 3.05) is 6.61 Å². The molecular weight excluding hydrogens is 410 g/mol. The van der Waals surface area contributed by atoms with Crippen LogP contribution in [0.1, 0.15) is 27.5 Å². The van der Waals surface area contributed by atoms with Crippen molar-refractivity contribution in [3.05, 3.63) is 85.7 Å². The van der Waals surface area contributed by atoms with E-state index in [0.717, 1.165) is 4.88 Å². The van der Waals surface area contributed by atoms with Crippen molar-refractivity contribution < 1.29 is 13.2 Å². The minimum Gasteiger partial charge on any atom is -0.376 e. The molecule has 1 aliphatic heterocycles. The zero-order valence-corrected chi connectivity index (χ0v) is 17.3. The molecule has 3 aromatic rings. The first kappa shape index (κ1) is 20.0. The number of ether oxygens (including phenoxy) is 1. The zero-order chi connectivity index (χ0) is 20.3. The van der Waals surface area contributed by atoms with Gasteiger partial charge >= 0.3 is 0 Å². The molecule has 0 bridgehead atoms. The largest absolute Gasteiger partial charge is 0.376 e. The third-order valence-electron chi connectivity index (χ3n) is 4.70. The number of nitrogens with zero attached hydrogens (tertiary/aromatic N) is 2. The standard InChI is InChI=1S/C20H21N3O4S2/c24-20-17-13-27-9-8-18(17)21-19(22-20)12-23(11-16-7-4-10-28-16)29(25,26)14-15-5-2-1-3-6-15/h1-7,10H,8-9,11-14H2,(H,21,22,24). The summed E-state index contributed by atoms with van der Waals surface area (Å²) >= 11 is 1.50. The lowest BCUT2D eigenvalue weighted by Crippen LogP contribution is -2.34. The van der Waals surface area contributed by atoms with Gasteiger partial charge in [0.2, 0.25) is 10.0 Å². The topological polar surface area (TPSA) is 92.4 Å². The van der Waals surface area contributed by atoms with E-state index < -0.39 is 10.0 Å². The summed E-state index contributed by atoms with van der Waals surface area (Å²) in [6.07, 6.45) is 0.550. The number of nitrogens with one attached hydrogen (secondary N) is 1. The van der Waals surface area contributed by atoms with Gasteiger partial charge in [0.25, 0.3) is 5.56 Å². The van der Waals surface area contributed by atoms with E-state index in [0.29, 0.717) is 35.7 Å². The number of H-pyrrole nitrogens is 1. The van der Waals surface area contributed by atoms with E-state index in [2.05, 4.69) is 9.97 Å². The molecule has 0 atom stereocenters. The normalized spacial score (nSPS) is 14.1. The second-order valence-corrected chi connectivity index (χ2v) is 9.83. The number of benzene rings is 1. The van der Waals surface area contributed by atoms with Gasteiger partial charge < -0.3 is 9.72 Å². The predicted molar refractivity (Wildman–Crippen MR) is 111 cm³/mol. The number of hydrogen-bond donors (Lipinski definition) is 1. The van der Waals surface area contributed by atoms with E-state index >= 15 is 0 Å². The zero-order valence-electron chi connectivity index (χ0n) is 15.7. The molecule has 1 aromatic carbocycles. The summed E-state index contributed by atoms with van der Waals surface area (Å²) in [5.41, 5.74) is 1.66. The lowest BCUT2D eigenvalue weighted by Gasteiger charge is -2.22. The highest BCUT2D eigenvalue weighted by molar-refractivity contribution is 7.88. The van der Waals surface area contributed by atoms with Crippen molar-refractivity contribution in [3.63, 3.8) is 0 Å². The second kappa shape index (κ2) is 8.58. The first-order chi connectivity index (χ1) is 14.0. The quantitative estimate of drug-likeness (QED) is 0.620. The fourth-order valence-electron chi connectivity index (χ4n) is 3.24. The molecule has 1 N–H and O–H groups in total. The molecule has 0 saturated heterocycles. The Labute approximate surface area is 173 Å². The predicted octanol–water partition coefficient (Wildman–Crippen LogP) is 2.44. The average Bonchev–Trinajstić information content (AvgIpc) is 3.21. The van der Waals surface area contributed by atoms with Crippen LogP contribution in [0, 0.1) is 0 Å². The Morgan fingerprint density at radius 3 is 2.72 bits per heavy atom. The molecule has 29 heavy (non-hydrogen) atoms. The van der Waals surface area contributed by atoms with E-state index in [-0.39, 0.29) is 31.0 Å². The van der Waals surface area contributed by atoms with Gasteiger partial charge in [-0.3, -0.25) is 4.79 Å². The van der Waals surface area contributed by atoms with Gasteiger partial charge in [-0.05, 0) is 17.0 Å². The minimum absolute atomic E-state index is 0.0104. The highest BCUT2D eigenvalue weighted by Gasteiger charge is 2.25. The summed E-state index contributed by atoms with van der Waals surface area (Å²) in [6.45, 7) is 0.991. The first-order valence-electron chi connectivity index (χ1n) is 9.24. The van der Waals surface area contributed by atoms with E-state index in [1.54, 1.807) is 12.1 Å². The Hall–Kier alpha value is -2.33. The molecule has 0 aliphatic carbocycles. The summed E-state index contributed by atoms with van der Waals surface area (Å²) in [4.78, 5) is 20.6. The third-order valence-corrected chi connectivity index (χ3v) is 7.31. The summed E-state index contributed by atoms with van der Waals surface area (Å²) in [6, 6.07) is 12.9. The maximum Gasteiger partial charge on any atom is 0.256 e. The third kappa shape index (κ3) is 4.81. The molecule has 0 fully saturated rings. The molecule has 152 valence electrons. The van der Waals surface area contributed by atoms with Crippen LogP contribution in [0.3, 0.4) is 0 Å². The van der Waals surface area contributed by atoms with Crippen LogP contribution < -0.4 is 5.56 Å². The second-order valence-electron chi connectivity index (χ2n) is 6.83. The van der Waals surface area contributed by atoms with Crippen molar-refractivity contribution >= 4 is 21.4 Å². The Morgan fingerprint density at radius 2 is 1.97 bits per heavy atom. The Bertz CT molecular complexity index is 1130. The van der Waals surface area contributed by atoms with E-state index in [1.165, 1.54) is 15.6 Å². The highest BCUT2D eigenvalue weighted by atomic mass is 32.2. The number of rotatable bonds is 7. The molecule has 0 spiro atoms. The average molecular weight is 432 g/mol. The fourth-order valence-corrected chi connectivity index (χ4v) is 5.49. The lowest BCUT2D eigenvalue weighted by molar-refractivity contribution is 0.107. The van der Waals surface area contributed by atoms with Gasteiger partial charge in [-0.25, -0.2) is 13.4 Å². The molecular formula is C20H21N3O4S2. The summed E-state index contributed by atoms with van der Waals surface area (Å²) in [5.74, 6) is 0.242. The molecule has 9 heteroatoms. The Kier molecular flexibility index (Phi) is 5.91. The Balaban J connectivity index is 1.64. The van der Waals surface area contributed by atoms with Crippen molar-refractivity contribution in [1.82, 2.24) is 14.3 Å². The summed E-state index contributed by atoms with van der Waals surface area (Å²) < 4.78 is 33.1. The van der Waals surface area contributed by atoms with Crippen molar-refractivity contribution in [3.8, 4) is 0 Å². The van der Waals surface area contributed by atoms with Crippen LogP contribution in [0.4, 0.5) is 0 Å². The van der Waals surface area contributed by atoms with E-state index in [9.17, 15) is 13.2 Å². The van der Waals surface area contributed by atoms with Crippen LogP contribution in [-0.2, 0) is 46.6 Å². The van der Waals surface area contributed by atoms with Gasteiger partial charge in [0.05, 0.1) is 36.8 Å². The van der Waals surface area contributed by atoms with Gasteiger partial charge in [0.15, 0.2) is 0 Å². The van der Waals surface area contributed by atoms with Gasteiger partial charge in [0.1, 0.15) is 5.82 Å². The van der Waals surface area contributed by atoms with Gasteiger partial charge in [-0.2, -0.15) is 4.31 Å². The number of fused-ring (bicyclic) bond motifs is 1. The number of sulfonamides is 1. The lowest BCUT2D eigenvalue weighted by atomic mass is 10.1. The smallest absolute Gasteiger partial charge is 0.256 e. The molecule has 0 amide bonds. The van der Waals surface area contributed by atoms with Crippen LogP contribution in [0.15, 0.2) is 52.6 Å². The minimum atomic E-state index is -3.63. The van der Waals surface area contributed by atoms with Gasteiger partial charge in [0, 0.05) is 17.8 Å². The number of aromatic amines is 1. The SMILES string of the molecule is O=c1[nH]c(CN(Cc2cccs2)S(=O)(=O)Cc2ccccc2)nc2c1COCC2. The van der Waals surface area contributed by atoms with Crippen LogP contribution >= 0.6 is 11.3 Å². The van der Waals surface area contributed by atoms with Gasteiger partial charge in [-0.1, -0.05) is 36.4 Å². The van der Waals surface area contributed by atoms with Crippen LogP contribution in [0.2, 0.25) is 0 Å². The van der Waals surface area contributed by atoms with Gasteiger partial charge in [-0.15, -0.1) is 11.3 Å². The molecule has 1 aliphatic rings. The fraction of sp³-hybridized carbons (Fsp3) is 0.300. The van der Waals surface area contributed by atoms with Crippen molar-refractivity contribution in [1.29, 1.82) is 0 Å². The van der Waals surface area contributed by atoms with Crippen LogP contribution in [-0.4, -0.2) is 29.3 Å². The Morgan fingerprint density at radius 1 is 1.14 bits per heavy atom. The maximum absolute atomic E-state index is 13.2. The molecule has 7 nitrogen and oxygen atoms in total. The summed E-state index contributed by atoms with van der Waals surface area (Å²) in [7, 11) is -3.63. The van der Waals surface area contributed by atoms with Crippen molar-refractivity contribution in [2.24, 2.45) is 0 Å². The number of aromatic nitrogens is 2. The monoisotopic (exact) mass is 431 g/mol.